The van der Waals surface area contributed by atoms with Crippen LogP contribution in [0.2, 0.25) is 5.15 Å². The minimum atomic E-state index is -0.836. The van der Waals surface area contributed by atoms with Gasteiger partial charge in [0.1, 0.15) is 16.6 Å². The van der Waals surface area contributed by atoms with E-state index < -0.39 is 11.6 Å². The molecule has 3 rings (SSSR count). The topological polar surface area (TPSA) is 52.0 Å². The van der Waals surface area contributed by atoms with E-state index in [0.29, 0.717) is 28.7 Å². The van der Waals surface area contributed by atoms with Crippen LogP contribution in [0.5, 0.6) is 0 Å². The predicted molar refractivity (Wildman–Crippen MR) is 87.0 cm³/mol. The number of nitrogens with one attached hydrogen (secondary N) is 1. The van der Waals surface area contributed by atoms with Crippen LogP contribution in [-0.2, 0) is 0 Å². The maximum Gasteiger partial charge on any atom is 0.162 e. The van der Waals surface area contributed by atoms with Gasteiger partial charge in [0, 0.05) is 31.4 Å². The molecule has 1 atom stereocenters. The van der Waals surface area contributed by atoms with Gasteiger partial charge in [-0.3, -0.25) is 0 Å². The summed E-state index contributed by atoms with van der Waals surface area (Å²) in [5, 5.41) is 13.1. The number of anilines is 2. The zero-order valence-electron chi connectivity index (χ0n) is 12.0. The fourth-order valence-corrected chi connectivity index (χ4v) is 3.58. The molecule has 2 aromatic rings. The summed E-state index contributed by atoms with van der Waals surface area (Å²) in [7, 11) is 0. The highest BCUT2D eigenvalue weighted by Gasteiger charge is 2.24. The maximum atomic E-state index is 13.3. The monoisotopic (exact) mass is 354 g/mol. The number of nitrogens with zero attached hydrogens (tertiary/aromatic N) is 3. The first kappa shape index (κ1) is 16.0. The molecule has 0 radical (unpaired) electrons. The third kappa shape index (κ3) is 3.38. The number of benzene rings is 1. The lowest BCUT2D eigenvalue weighted by molar-refractivity contribution is 0.508. The lowest BCUT2D eigenvalue weighted by Crippen LogP contribution is -2.22. The van der Waals surface area contributed by atoms with Crippen molar-refractivity contribution in [3.63, 3.8) is 0 Å². The molecule has 8 heteroatoms. The van der Waals surface area contributed by atoms with Gasteiger partial charge in [0.25, 0.3) is 0 Å². The van der Waals surface area contributed by atoms with Crippen molar-refractivity contribution in [1.82, 2.24) is 4.37 Å². The lowest BCUT2D eigenvalue weighted by Gasteiger charge is -2.19. The van der Waals surface area contributed by atoms with Gasteiger partial charge in [-0.05, 0) is 36.0 Å². The number of hydrogen-bond donors (Lipinski definition) is 1. The molecule has 1 aromatic heterocycles. The van der Waals surface area contributed by atoms with Crippen LogP contribution in [0.3, 0.4) is 0 Å². The molecule has 120 valence electrons. The van der Waals surface area contributed by atoms with Gasteiger partial charge in [-0.15, -0.1) is 0 Å². The minimum absolute atomic E-state index is 0.217. The molecule has 2 heterocycles. The molecule has 1 aliphatic rings. The number of rotatable bonds is 4. The van der Waals surface area contributed by atoms with Crippen molar-refractivity contribution in [1.29, 1.82) is 5.26 Å². The molecule has 1 fully saturated rings. The smallest absolute Gasteiger partial charge is 0.162 e. The van der Waals surface area contributed by atoms with Crippen LogP contribution in [0.1, 0.15) is 12.0 Å². The van der Waals surface area contributed by atoms with Gasteiger partial charge >= 0.3 is 0 Å². The Morgan fingerprint density at radius 1 is 1.43 bits per heavy atom. The van der Waals surface area contributed by atoms with E-state index in [2.05, 4.69) is 9.69 Å². The maximum absolute atomic E-state index is 13.3. The Labute approximate surface area is 141 Å². The highest BCUT2D eigenvalue weighted by Crippen LogP contribution is 2.29. The van der Waals surface area contributed by atoms with Crippen molar-refractivity contribution < 1.29 is 8.78 Å². The summed E-state index contributed by atoms with van der Waals surface area (Å²) in [6, 6.07) is 5.99. The molecule has 0 spiro atoms. The lowest BCUT2D eigenvalue weighted by atomic mass is 10.1. The summed E-state index contributed by atoms with van der Waals surface area (Å²) in [6.07, 6.45) is 0.931. The Kier molecular flexibility index (Phi) is 4.64. The number of hydrogen-bond acceptors (Lipinski definition) is 5. The Bertz CT molecular complexity index is 758. The minimum Gasteiger partial charge on any atom is -0.374 e. The van der Waals surface area contributed by atoms with Crippen molar-refractivity contribution in [3.05, 3.63) is 40.6 Å². The molecule has 4 nitrogen and oxygen atoms in total. The predicted octanol–water partition coefficient (Wildman–Crippen LogP) is 3.88. The van der Waals surface area contributed by atoms with E-state index in [9.17, 15) is 8.78 Å². The molecule has 23 heavy (non-hydrogen) atoms. The summed E-state index contributed by atoms with van der Waals surface area (Å²) >= 11 is 7.00. The molecule has 0 saturated carbocycles. The second-order valence-electron chi connectivity index (χ2n) is 5.37. The van der Waals surface area contributed by atoms with Crippen LogP contribution in [0, 0.1) is 28.9 Å². The van der Waals surface area contributed by atoms with E-state index >= 15 is 0 Å². The molecule has 0 amide bonds. The Morgan fingerprint density at radius 2 is 2.26 bits per heavy atom. The van der Waals surface area contributed by atoms with Gasteiger partial charge in [-0.1, -0.05) is 11.6 Å². The van der Waals surface area contributed by atoms with Crippen LogP contribution in [0.25, 0.3) is 0 Å². The SMILES string of the molecule is N#Cc1c(Cl)nsc1NCC1CCN(c2ccc(F)c(F)c2)C1. The zero-order valence-corrected chi connectivity index (χ0v) is 13.6. The van der Waals surface area contributed by atoms with Crippen LogP contribution in [0.15, 0.2) is 18.2 Å². The number of halogens is 3. The average Bonchev–Trinajstić information content (AvgIpc) is 3.14. The molecule has 1 N–H and O–H groups in total. The van der Waals surface area contributed by atoms with Gasteiger partial charge < -0.3 is 10.2 Å². The van der Waals surface area contributed by atoms with Crippen molar-refractivity contribution in [3.8, 4) is 6.07 Å². The molecule has 1 aliphatic heterocycles. The fraction of sp³-hybridized carbons (Fsp3) is 0.333. The first-order valence-corrected chi connectivity index (χ1v) is 8.22. The Balaban J connectivity index is 1.59. The molecular formula is C15H13ClF2N4S. The van der Waals surface area contributed by atoms with Gasteiger partial charge in [-0.25, -0.2) is 8.78 Å². The van der Waals surface area contributed by atoms with Crippen molar-refractivity contribution in [2.75, 3.05) is 29.9 Å². The van der Waals surface area contributed by atoms with Gasteiger partial charge in [0.15, 0.2) is 16.8 Å². The second-order valence-corrected chi connectivity index (χ2v) is 6.50. The van der Waals surface area contributed by atoms with Crippen LogP contribution in [-0.4, -0.2) is 24.0 Å². The van der Waals surface area contributed by atoms with E-state index in [4.69, 9.17) is 16.9 Å². The average molecular weight is 355 g/mol. The van der Waals surface area contributed by atoms with E-state index in [-0.39, 0.29) is 5.15 Å². The molecular weight excluding hydrogens is 342 g/mol. The summed E-state index contributed by atoms with van der Waals surface area (Å²) < 4.78 is 30.3. The molecule has 0 bridgehead atoms. The van der Waals surface area contributed by atoms with Crippen LogP contribution in [0.4, 0.5) is 19.5 Å². The van der Waals surface area contributed by atoms with Crippen molar-refractivity contribution >= 4 is 33.8 Å². The first-order chi connectivity index (χ1) is 11.1. The zero-order chi connectivity index (χ0) is 16.4. The molecule has 1 saturated heterocycles. The van der Waals surface area contributed by atoms with Gasteiger partial charge in [0.2, 0.25) is 0 Å². The first-order valence-electron chi connectivity index (χ1n) is 7.07. The molecule has 1 unspecified atom stereocenters. The third-order valence-electron chi connectivity index (χ3n) is 3.87. The molecule has 1 aromatic carbocycles. The van der Waals surface area contributed by atoms with E-state index in [0.717, 1.165) is 37.1 Å². The van der Waals surface area contributed by atoms with Crippen molar-refractivity contribution in [2.24, 2.45) is 5.92 Å². The second kappa shape index (κ2) is 6.69. The number of aromatic nitrogens is 1. The summed E-state index contributed by atoms with van der Waals surface area (Å²) in [5.41, 5.74) is 1.05. The summed E-state index contributed by atoms with van der Waals surface area (Å²) in [5.74, 6) is -1.32. The van der Waals surface area contributed by atoms with Crippen LogP contribution < -0.4 is 10.2 Å². The number of nitriles is 1. The standard InChI is InChI=1S/C15H13ClF2N4S/c16-14-11(6-19)15(23-21-14)20-7-9-3-4-22(8-9)10-1-2-12(17)13(18)5-10/h1-2,5,9,20H,3-4,7-8H2. The highest BCUT2D eigenvalue weighted by molar-refractivity contribution is 7.10. The largest absolute Gasteiger partial charge is 0.374 e. The van der Waals surface area contributed by atoms with Gasteiger partial charge in [-0.2, -0.15) is 9.64 Å². The fourth-order valence-electron chi connectivity index (χ4n) is 2.64. The Morgan fingerprint density at radius 3 is 3.00 bits per heavy atom. The van der Waals surface area contributed by atoms with E-state index in [1.54, 1.807) is 6.07 Å². The van der Waals surface area contributed by atoms with E-state index in [1.165, 1.54) is 6.07 Å². The highest BCUT2D eigenvalue weighted by atomic mass is 35.5. The quantitative estimate of drug-likeness (QED) is 0.905. The normalized spacial score (nSPS) is 17.3. The summed E-state index contributed by atoms with van der Waals surface area (Å²) in [6.45, 7) is 2.20. The van der Waals surface area contributed by atoms with E-state index in [1.807, 2.05) is 11.0 Å². The summed E-state index contributed by atoms with van der Waals surface area (Å²) in [4.78, 5) is 2.03. The van der Waals surface area contributed by atoms with Gasteiger partial charge in [0.05, 0.1) is 0 Å². The Hall–Kier alpha value is -1.91. The van der Waals surface area contributed by atoms with Crippen LogP contribution >= 0.6 is 23.1 Å². The molecule has 0 aliphatic carbocycles. The third-order valence-corrected chi connectivity index (χ3v) is 5.05. The van der Waals surface area contributed by atoms with Crippen molar-refractivity contribution in [2.45, 2.75) is 6.42 Å².